The predicted octanol–water partition coefficient (Wildman–Crippen LogP) is 5.73. The number of benzene rings is 3. The van der Waals surface area contributed by atoms with Crippen molar-refractivity contribution in [2.45, 2.75) is 32.3 Å². The molecule has 1 aliphatic heterocycles. The lowest BCUT2D eigenvalue weighted by Crippen LogP contribution is -2.38. The van der Waals surface area contributed by atoms with Crippen LogP contribution in [0.3, 0.4) is 0 Å². The highest BCUT2D eigenvalue weighted by Crippen LogP contribution is 2.47. The molecule has 2 aliphatic rings. The SMILES string of the molecule is COc1cc(/C=C(/CC[C@@H](O)C2=C(C)C[C@H]3C(=O)N(c4cccc([N+](=O)[O-])c4)C(=O)[C@H]3[C@H]2CO)c2ccccc2)cc(I)c1O. The van der Waals surface area contributed by atoms with Crippen LogP contribution in [0.25, 0.3) is 11.6 Å². The van der Waals surface area contributed by atoms with Crippen LogP contribution in [-0.4, -0.2) is 51.9 Å². The number of hydrogen-bond donors (Lipinski definition) is 3. The number of allylic oxidation sites excluding steroid dienone is 2. The summed E-state index contributed by atoms with van der Waals surface area (Å²) in [5.74, 6) is -3.02. The van der Waals surface area contributed by atoms with E-state index in [2.05, 4.69) is 0 Å². The monoisotopic (exact) mass is 724 g/mol. The summed E-state index contributed by atoms with van der Waals surface area (Å²) in [4.78, 5) is 38.9. The minimum Gasteiger partial charge on any atom is -0.504 e. The summed E-state index contributed by atoms with van der Waals surface area (Å²) in [5.41, 5.74) is 3.85. The zero-order valence-corrected chi connectivity index (χ0v) is 26.9. The molecule has 45 heavy (non-hydrogen) atoms. The second kappa shape index (κ2) is 13.5. The summed E-state index contributed by atoms with van der Waals surface area (Å²) < 4.78 is 5.96. The molecule has 0 aromatic heterocycles. The molecule has 1 heterocycles. The van der Waals surface area contributed by atoms with Crippen LogP contribution in [0.2, 0.25) is 0 Å². The van der Waals surface area contributed by atoms with E-state index in [1.54, 1.807) is 6.07 Å². The first kappa shape index (κ1) is 32.3. The molecule has 1 fully saturated rings. The van der Waals surface area contributed by atoms with E-state index in [1.807, 2.05) is 72.0 Å². The van der Waals surface area contributed by atoms with Crippen molar-refractivity contribution in [3.05, 3.63) is 103 Å². The minimum atomic E-state index is -1.00. The molecule has 0 spiro atoms. The van der Waals surface area contributed by atoms with Gasteiger partial charge in [0.15, 0.2) is 11.5 Å². The molecule has 2 amide bonds. The van der Waals surface area contributed by atoms with Crippen molar-refractivity contribution < 1.29 is 34.6 Å². The number of nitro benzene ring substituents is 1. The number of phenols is 1. The number of rotatable bonds is 10. The Labute approximate surface area is 273 Å². The first-order chi connectivity index (χ1) is 21.5. The number of ether oxygens (including phenoxy) is 1. The van der Waals surface area contributed by atoms with E-state index in [-0.39, 0.29) is 30.0 Å². The number of aliphatic hydroxyl groups excluding tert-OH is 2. The second-order valence-corrected chi connectivity index (χ2v) is 12.5. The van der Waals surface area contributed by atoms with E-state index in [0.29, 0.717) is 21.3 Å². The van der Waals surface area contributed by atoms with Crippen molar-refractivity contribution in [2.24, 2.45) is 17.8 Å². The Hall–Kier alpha value is -4.07. The molecule has 1 aliphatic carbocycles. The molecule has 0 unspecified atom stereocenters. The molecule has 234 valence electrons. The number of nitrogens with zero attached hydrogens (tertiary/aromatic N) is 2. The number of amides is 2. The second-order valence-electron chi connectivity index (χ2n) is 11.3. The van der Waals surface area contributed by atoms with Crippen molar-refractivity contribution in [3.8, 4) is 11.5 Å². The Balaban J connectivity index is 1.42. The van der Waals surface area contributed by atoms with Gasteiger partial charge < -0.3 is 20.1 Å². The third-order valence-corrected chi connectivity index (χ3v) is 9.45. The van der Waals surface area contributed by atoms with E-state index in [4.69, 9.17) is 4.74 Å². The lowest BCUT2D eigenvalue weighted by atomic mass is 9.68. The fourth-order valence-corrected chi connectivity index (χ4v) is 7.18. The van der Waals surface area contributed by atoms with Crippen LogP contribution in [-0.2, 0) is 9.59 Å². The van der Waals surface area contributed by atoms with Crippen LogP contribution in [0, 0.1) is 31.4 Å². The lowest BCUT2D eigenvalue weighted by molar-refractivity contribution is -0.384. The maximum Gasteiger partial charge on any atom is 0.271 e. The third-order valence-electron chi connectivity index (χ3n) is 8.63. The summed E-state index contributed by atoms with van der Waals surface area (Å²) in [6, 6.07) is 18.7. The fraction of sp³-hybridized carbons (Fsp3) is 0.294. The molecule has 1 saturated heterocycles. The molecule has 11 heteroatoms. The van der Waals surface area contributed by atoms with E-state index in [9.17, 15) is 35.0 Å². The number of aliphatic hydroxyl groups is 2. The van der Waals surface area contributed by atoms with Crippen molar-refractivity contribution in [3.63, 3.8) is 0 Å². The van der Waals surface area contributed by atoms with Gasteiger partial charge in [-0.2, -0.15) is 0 Å². The van der Waals surface area contributed by atoms with Gasteiger partial charge in [-0.25, -0.2) is 4.90 Å². The Morgan fingerprint density at radius 1 is 1.13 bits per heavy atom. The summed E-state index contributed by atoms with van der Waals surface area (Å²) in [5, 5.41) is 43.8. The van der Waals surface area contributed by atoms with Crippen LogP contribution in [0.4, 0.5) is 11.4 Å². The highest BCUT2D eigenvalue weighted by atomic mass is 127. The van der Waals surface area contributed by atoms with E-state index in [0.717, 1.165) is 27.2 Å². The highest BCUT2D eigenvalue weighted by molar-refractivity contribution is 14.1. The van der Waals surface area contributed by atoms with Gasteiger partial charge in [-0.05, 0) is 89.2 Å². The van der Waals surface area contributed by atoms with Gasteiger partial charge in [0, 0.05) is 18.1 Å². The largest absolute Gasteiger partial charge is 0.504 e. The number of halogens is 1. The molecular formula is C34H33IN2O8. The van der Waals surface area contributed by atoms with Gasteiger partial charge >= 0.3 is 0 Å². The van der Waals surface area contributed by atoms with Crippen LogP contribution < -0.4 is 9.64 Å². The van der Waals surface area contributed by atoms with Gasteiger partial charge in [0.05, 0.1) is 45.8 Å². The predicted molar refractivity (Wildman–Crippen MR) is 177 cm³/mol. The molecule has 5 rings (SSSR count). The van der Waals surface area contributed by atoms with Crippen LogP contribution in [0.15, 0.2) is 77.9 Å². The normalized spacial score (nSPS) is 20.8. The fourth-order valence-electron chi connectivity index (χ4n) is 6.55. The van der Waals surface area contributed by atoms with Gasteiger partial charge in [-0.1, -0.05) is 48.0 Å². The van der Waals surface area contributed by atoms with Crippen LogP contribution in [0.1, 0.15) is 37.3 Å². The molecule has 10 nitrogen and oxygen atoms in total. The summed E-state index contributed by atoms with van der Waals surface area (Å²) in [7, 11) is 1.49. The molecule has 0 bridgehead atoms. The zero-order valence-electron chi connectivity index (χ0n) is 24.7. The number of imide groups is 1. The first-order valence-corrected chi connectivity index (χ1v) is 15.6. The zero-order chi connectivity index (χ0) is 32.4. The highest BCUT2D eigenvalue weighted by Gasteiger charge is 2.55. The number of anilines is 1. The Kier molecular flexibility index (Phi) is 9.70. The average Bonchev–Trinajstić information content (AvgIpc) is 3.28. The molecule has 3 N–H and O–H groups in total. The summed E-state index contributed by atoms with van der Waals surface area (Å²) in [6.45, 7) is 1.36. The lowest BCUT2D eigenvalue weighted by Gasteiger charge is -2.35. The minimum absolute atomic E-state index is 0.0592. The van der Waals surface area contributed by atoms with Gasteiger partial charge in [0.25, 0.3) is 5.69 Å². The molecule has 3 aromatic carbocycles. The molecule has 3 aromatic rings. The van der Waals surface area contributed by atoms with Crippen molar-refractivity contribution in [1.29, 1.82) is 0 Å². The number of carbonyl (C=O) groups excluding carboxylic acids is 2. The van der Waals surface area contributed by atoms with Crippen molar-refractivity contribution >= 4 is 57.4 Å². The first-order valence-electron chi connectivity index (χ1n) is 14.5. The standard InChI is InChI=1S/C34H33IN2O8/c1-19-13-25-31(34(42)36(33(25)41)23-9-6-10-24(17-23)37(43)44)26(18-38)30(19)28(39)12-11-22(21-7-4-3-5-8-21)14-20-15-27(35)32(40)29(16-20)45-2/h3-10,14-17,25-26,28,31,38-40H,11-13,18H2,1-2H3/b22-14-/t25-,26+,28-,31-/m1/s1. The van der Waals surface area contributed by atoms with Gasteiger partial charge in [-0.15, -0.1) is 0 Å². The van der Waals surface area contributed by atoms with Gasteiger partial charge in [0.1, 0.15) is 0 Å². The molecule has 0 radical (unpaired) electrons. The van der Waals surface area contributed by atoms with Crippen LogP contribution in [0.5, 0.6) is 11.5 Å². The van der Waals surface area contributed by atoms with Crippen LogP contribution >= 0.6 is 22.6 Å². The maximum absolute atomic E-state index is 13.7. The summed E-state index contributed by atoms with van der Waals surface area (Å²) >= 11 is 2.04. The number of nitro groups is 1. The Bertz CT molecular complexity index is 1700. The quantitative estimate of drug-likeness (QED) is 0.0600. The number of carbonyl (C=O) groups is 2. The molecule has 0 saturated carbocycles. The number of aromatic hydroxyl groups is 1. The Morgan fingerprint density at radius 3 is 2.53 bits per heavy atom. The number of hydrogen-bond acceptors (Lipinski definition) is 8. The number of fused-ring (bicyclic) bond motifs is 1. The van der Waals surface area contributed by atoms with Crippen molar-refractivity contribution in [2.75, 3.05) is 18.6 Å². The summed E-state index contributed by atoms with van der Waals surface area (Å²) in [6.07, 6.45) is 1.94. The number of non-ortho nitro benzene ring substituents is 1. The Morgan fingerprint density at radius 2 is 1.87 bits per heavy atom. The molecular weight excluding hydrogens is 691 g/mol. The van der Waals surface area contributed by atoms with Gasteiger partial charge in [0.2, 0.25) is 11.8 Å². The number of phenolic OH excluding ortho intramolecular Hbond substituents is 1. The average molecular weight is 725 g/mol. The van der Waals surface area contributed by atoms with Gasteiger partial charge in [-0.3, -0.25) is 19.7 Å². The van der Waals surface area contributed by atoms with E-state index >= 15 is 0 Å². The number of methoxy groups -OCH3 is 1. The molecule has 4 atom stereocenters. The topological polar surface area (TPSA) is 150 Å². The van der Waals surface area contributed by atoms with E-state index in [1.165, 1.54) is 31.4 Å². The van der Waals surface area contributed by atoms with Crippen molar-refractivity contribution in [1.82, 2.24) is 0 Å². The van der Waals surface area contributed by atoms with E-state index < -0.39 is 47.2 Å². The third kappa shape index (κ3) is 6.37. The maximum atomic E-state index is 13.7. The smallest absolute Gasteiger partial charge is 0.271 e.